The predicted octanol–water partition coefficient (Wildman–Crippen LogP) is 0.797. The van der Waals surface area contributed by atoms with Crippen molar-refractivity contribution in [3.05, 3.63) is 48.0 Å². The van der Waals surface area contributed by atoms with E-state index in [-0.39, 0.29) is 5.91 Å². The van der Waals surface area contributed by atoms with Gasteiger partial charge in [-0.1, -0.05) is 18.2 Å². The number of ether oxygens (including phenoxy) is 1. The van der Waals surface area contributed by atoms with Crippen LogP contribution in [0.25, 0.3) is 0 Å². The average molecular weight is 263 g/mol. The third-order valence-electron chi connectivity index (χ3n) is 2.31. The number of hydrogen-bond donors (Lipinski definition) is 2. The van der Waals surface area contributed by atoms with E-state index in [1.807, 2.05) is 0 Å². The van der Waals surface area contributed by atoms with Gasteiger partial charge in [-0.3, -0.25) is 9.59 Å². The van der Waals surface area contributed by atoms with Crippen LogP contribution in [0, 0.1) is 0 Å². The fraction of sp³-hybridized carbons (Fsp3) is 0.231. The maximum Gasteiger partial charge on any atom is 0.346 e. The molecule has 101 valence electrons. The van der Waals surface area contributed by atoms with Crippen LogP contribution in [0.2, 0.25) is 0 Å². The minimum Gasteiger partial charge on any atom is -0.465 e. The van der Waals surface area contributed by atoms with E-state index < -0.39 is 17.9 Å². The molecule has 1 rings (SSSR count). The van der Waals surface area contributed by atoms with Crippen molar-refractivity contribution in [1.29, 1.82) is 0 Å². The minimum absolute atomic E-state index is 0.360. The Morgan fingerprint density at radius 2 is 1.89 bits per heavy atom. The first-order valence-electron chi connectivity index (χ1n) is 5.62. The van der Waals surface area contributed by atoms with Crippen LogP contribution in [-0.2, 0) is 14.6 Å². The summed E-state index contributed by atoms with van der Waals surface area (Å²) in [5, 5.41) is 15.6. The summed E-state index contributed by atoms with van der Waals surface area (Å²) in [7, 11) is 1.20. The number of hydrogen-bond acceptors (Lipinski definition) is 3. The van der Waals surface area contributed by atoms with Crippen LogP contribution in [0.3, 0.4) is 0 Å². The second-order valence-corrected chi connectivity index (χ2v) is 3.74. The highest BCUT2D eigenvalue weighted by Gasteiger charge is 2.15. The topological polar surface area (TPSA) is 87.3 Å². The van der Waals surface area contributed by atoms with Crippen LogP contribution in [0.1, 0.15) is 17.3 Å². The van der Waals surface area contributed by atoms with Gasteiger partial charge in [0.2, 0.25) is 5.91 Å². The lowest BCUT2D eigenvalue weighted by molar-refractivity contribution is -0.121. The highest BCUT2D eigenvalue weighted by Crippen LogP contribution is 1.99. The second kappa shape index (κ2) is 7.05. The van der Waals surface area contributed by atoms with Crippen LogP contribution in [0.5, 0.6) is 0 Å². The molecule has 2 amide bonds. The molecule has 1 unspecified atom stereocenters. The summed E-state index contributed by atoms with van der Waals surface area (Å²) in [5.74, 6) is -1.54. The Bertz CT molecular complexity index is 471. The molecule has 0 aliphatic carbocycles. The Hall–Kier alpha value is -2.50. The van der Waals surface area contributed by atoms with Crippen molar-refractivity contribution in [1.82, 2.24) is 10.6 Å². The molecule has 0 saturated carbocycles. The molecule has 0 aliphatic rings. The number of amides is 2. The molecule has 0 aliphatic heterocycles. The lowest BCUT2D eigenvalue weighted by Gasteiger charge is -2.12. The Labute approximate surface area is 111 Å². The Morgan fingerprint density at radius 1 is 1.26 bits per heavy atom. The van der Waals surface area contributed by atoms with E-state index in [0.29, 0.717) is 5.56 Å². The minimum atomic E-state index is -0.770. The molecule has 2 N–H and O–H groups in total. The predicted molar refractivity (Wildman–Crippen MR) is 67.3 cm³/mol. The van der Waals surface area contributed by atoms with Gasteiger partial charge in [-0.05, 0) is 19.1 Å². The van der Waals surface area contributed by atoms with Crippen molar-refractivity contribution in [2.75, 3.05) is 7.11 Å². The van der Waals surface area contributed by atoms with E-state index in [2.05, 4.69) is 15.4 Å². The van der Waals surface area contributed by atoms with Crippen molar-refractivity contribution >= 4 is 11.8 Å². The van der Waals surface area contributed by atoms with E-state index in [1.54, 1.807) is 30.3 Å². The SMILES string of the molecule is COC([O])=CNC(=O)C(C)NC(=O)c1ccccc1. The number of rotatable bonds is 5. The Kier molecular flexibility index (Phi) is 5.40. The molecular formula is C13H15N2O4. The normalized spacial score (nSPS) is 12.4. The molecule has 0 aromatic heterocycles. The van der Waals surface area contributed by atoms with E-state index in [4.69, 9.17) is 0 Å². The summed E-state index contributed by atoms with van der Waals surface area (Å²) >= 11 is 0. The molecule has 0 spiro atoms. The van der Waals surface area contributed by atoms with Gasteiger partial charge in [0.15, 0.2) is 0 Å². The van der Waals surface area contributed by atoms with E-state index >= 15 is 0 Å². The summed E-state index contributed by atoms with van der Waals surface area (Å²) in [6, 6.07) is 7.75. The van der Waals surface area contributed by atoms with Gasteiger partial charge in [-0.25, -0.2) is 5.11 Å². The molecule has 1 atom stereocenters. The first-order chi connectivity index (χ1) is 9.04. The number of benzene rings is 1. The molecule has 1 aromatic carbocycles. The third-order valence-corrected chi connectivity index (χ3v) is 2.31. The molecule has 6 nitrogen and oxygen atoms in total. The lowest BCUT2D eigenvalue weighted by atomic mass is 10.2. The summed E-state index contributed by atoms with van der Waals surface area (Å²) in [6.45, 7) is 1.52. The largest absolute Gasteiger partial charge is 0.465 e. The van der Waals surface area contributed by atoms with Crippen LogP contribution in [0.4, 0.5) is 0 Å². The average Bonchev–Trinajstić information content (AvgIpc) is 2.44. The molecule has 19 heavy (non-hydrogen) atoms. The standard InChI is InChI=1S/C13H15N2O4/c1-9(12(17)14-8-11(16)19-2)15-13(18)10-6-4-3-5-7-10/h3-9H,1-2H3,(H,14,17)(H,15,18). The molecule has 0 bridgehead atoms. The van der Waals surface area contributed by atoms with Gasteiger partial charge < -0.3 is 15.4 Å². The van der Waals surface area contributed by atoms with Gasteiger partial charge in [0.1, 0.15) is 6.04 Å². The first-order valence-corrected chi connectivity index (χ1v) is 5.62. The molecule has 0 heterocycles. The summed E-state index contributed by atoms with van der Waals surface area (Å²) in [4.78, 5) is 23.3. The molecule has 0 fully saturated rings. The summed E-state index contributed by atoms with van der Waals surface area (Å²) < 4.78 is 4.33. The molecular weight excluding hydrogens is 248 g/mol. The van der Waals surface area contributed by atoms with Gasteiger partial charge >= 0.3 is 5.95 Å². The van der Waals surface area contributed by atoms with Gasteiger partial charge in [0, 0.05) is 5.56 Å². The van der Waals surface area contributed by atoms with E-state index in [1.165, 1.54) is 14.0 Å². The maximum atomic E-state index is 11.8. The number of methoxy groups -OCH3 is 1. The summed E-state index contributed by atoms with van der Waals surface area (Å²) in [6.07, 6.45) is 0.896. The van der Waals surface area contributed by atoms with E-state index in [0.717, 1.165) is 6.20 Å². The van der Waals surface area contributed by atoms with Crippen LogP contribution >= 0.6 is 0 Å². The smallest absolute Gasteiger partial charge is 0.346 e. The maximum absolute atomic E-state index is 11.8. The number of carbonyl (C=O) groups is 2. The number of nitrogens with one attached hydrogen (secondary N) is 2. The highest BCUT2D eigenvalue weighted by molar-refractivity contribution is 5.97. The van der Waals surface area contributed by atoms with Gasteiger partial charge in [-0.2, -0.15) is 0 Å². The van der Waals surface area contributed by atoms with Crippen LogP contribution in [0.15, 0.2) is 42.5 Å². The fourth-order valence-corrected chi connectivity index (χ4v) is 1.25. The van der Waals surface area contributed by atoms with Crippen LogP contribution < -0.4 is 10.6 Å². The van der Waals surface area contributed by atoms with Crippen molar-refractivity contribution in [2.24, 2.45) is 0 Å². The second-order valence-electron chi connectivity index (χ2n) is 3.74. The van der Waals surface area contributed by atoms with Crippen molar-refractivity contribution in [2.45, 2.75) is 13.0 Å². The van der Waals surface area contributed by atoms with Crippen molar-refractivity contribution < 1.29 is 19.4 Å². The molecule has 6 heteroatoms. The summed E-state index contributed by atoms with van der Waals surface area (Å²) in [5.41, 5.74) is 0.457. The van der Waals surface area contributed by atoms with E-state index in [9.17, 15) is 14.7 Å². The van der Waals surface area contributed by atoms with Crippen molar-refractivity contribution in [3.8, 4) is 0 Å². The molecule has 1 radical (unpaired) electrons. The monoisotopic (exact) mass is 263 g/mol. The van der Waals surface area contributed by atoms with Crippen molar-refractivity contribution in [3.63, 3.8) is 0 Å². The zero-order valence-electron chi connectivity index (χ0n) is 10.7. The zero-order chi connectivity index (χ0) is 14.3. The fourth-order valence-electron chi connectivity index (χ4n) is 1.25. The highest BCUT2D eigenvalue weighted by atomic mass is 16.6. The molecule has 1 aromatic rings. The Balaban J connectivity index is 2.53. The zero-order valence-corrected chi connectivity index (χ0v) is 10.7. The van der Waals surface area contributed by atoms with Gasteiger partial charge in [0.25, 0.3) is 5.91 Å². The number of carbonyl (C=O) groups excluding carboxylic acids is 2. The first kappa shape index (κ1) is 14.6. The van der Waals surface area contributed by atoms with Gasteiger partial charge in [-0.15, -0.1) is 0 Å². The lowest BCUT2D eigenvalue weighted by Crippen LogP contribution is -2.43. The molecule has 0 saturated heterocycles. The van der Waals surface area contributed by atoms with Gasteiger partial charge in [0.05, 0.1) is 13.3 Å². The van der Waals surface area contributed by atoms with Crippen LogP contribution in [-0.4, -0.2) is 25.0 Å². The Morgan fingerprint density at radius 3 is 2.47 bits per heavy atom. The quantitative estimate of drug-likeness (QED) is 0.770. The third kappa shape index (κ3) is 4.71.